The molecule has 152 valence electrons. The summed E-state index contributed by atoms with van der Waals surface area (Å²) in [5.74, 6) is 0.160. The third-order valence-electron chi connectivity index (χ3n) is 4.88. The van der Waals surface area contributed by atoms with Gasteiger partial charge in [-0.2, -0.15) is 0 Å². The lowest BCUT2D eigenvalue weighted by Gasteiger charge is -2.31. The van der Waals surface area contributed by atoms with Gasteiger partial charge < -0.3 is 10.0 Å². The summed E-state index contributed by atoms with van der Waals surface area (Å²) < 4.78 is 28.1. The summed E-state index contributed by atoms with van der Waals surface area (Å²) in [7, 11) is -3.71. The minimum atomic E-state index is -3.71. The van der Waals surface area contributed by atoms with E-state index in [2.05, 4.69) is 4.90 Å². The van der Waals surface area contributed by atoms with E-state index in [1.165, 1.54) is 4.31 Å². The van der Waals surface area contributed by atoms with Crippen LogP contribution in [0.5, 0.6) is 0 Å². The van der Waals surface area contributed by atoms with E-state index in [1.807, 2.05) is 26.0 Å². The molecule has 0 aliphatic carbocycles. The Bertz CT molecular complexity index is 892. The average Bonchev–Trinajstić information content (AvgIpc) is 2.66. The van der Waals surface area contributed by atoms with Crippen LogP contribution in [0.15, 0.2) is 53.4 Å². The van der Waals surface area contributed by atoms with Crippen LogP contribution in [0, 0.1) is 5.92 Å². The zero-order valence-corrected chi connectivity index (χ0v) is 17.8. The van der Waals surface area contributed by atoms with E-state index in [0.29, 0.717) is 17.3 Å². The quantitative estimate of drug-likeness (QED) is 0.759. The molecule has 0 amide bonds. The Labute approximate surface area is 172 Å². The highest BCUT2D eigenvalue weighted by Gasteiger charge is 2.26. The summed E-state index contributed by atoms with van der Waals surface area (Å²) in [5, 5.41) is 10.2. The molecule has 2 aromatic rings. The summed E-state index contributed by atoms with van der Waals surface area (Å²) in [6.07, 6.45) is 1.23. The number of hydrogen-bond donors (Lipinski definition) is 1. The van der Waals surface area contributed by atoms with E-state index in [1.54, 1.807) is 36.4 Å². The highest BCUT2D eigenvalue weighted by Crippen LogP contribution is 2.29. The van der Waals surface area contributed by atoms with E-state index in [9.17, 15) is 13.5 Å². The first kappa shape index (κ1) is 21.0. The lowest BCUT2D eigenvalue weighted by Crippen LogP contribution is -2.36. The highest BCUT2D eigenvalue weighted by molar-refractivity contribution is 7.92. The normalized spacial score (nSPS) is 15.8. The molecule has 0 atom stereocenters. The third kappa shape index (κ3) is 4.80. The average molecular weight is 423 g/mol. The molecule has 1 aliphatic heterocycles. The van der Waals surface area contributed by atoms with Crippen molar-refractivity contribution in [2.45, 2.75) is 37.7 Å². The van der Waals surface area contributed by atoms with Crippen molar-refractivity contribution >= 4 is 33.0 Å². The van der Waals surface area contributed by atoms with Crippen LogP contribution in [-0.2, 0) is 10.0 Å². The molecule has 28 heavy (non-hydrogen) atoms. The van der Waals surface area contributed by atoms with Crippen molar-refractivity contribution in [2.24, 2.45) is 5.92 Å². The van der Waals surface area contributed by atoms with Crippen molar-refractivity contribution in [3.8, 4) is 0 Å². The van der Waals surface area contributed by atoms with E-state index in [-0.39, 0.29) is 16.9 Å². The summed E-state index contributed by atoms with van der Waals surface area (Å²) in [5.41, 5.74) is 1.54. The van der Waals surface area contributed by atoms with Crippen molar-refractivity contribution in [3.05, 3.63) is 53.6 Å². The fourth-order valence-corrected chi connectivity index (χ4v) is 5.19. The van der Waals surface area contributed by atoms with Crippen LogP contribution in [-0.4, -0.2) is 39.3 Å². The molecular formula is C21H27ClN2O3S. The molecule has 0 aromatic heterocycles. The van der Waals surface area contributed by atoms with Gasteiger partial charge in [0.05, 0.1) is 16.7 Å². The fourth-order valence-electron chi connectivity index (χ4n) is 3.39. The number of benzene rings is 2. The largest absolute Gasteiger partial charge is 0.393 e. The standard InChI is InChI=1S/C21H27ClN2O3S/c1-16(2)15-24(19-5-3-4-17(22)14-19)28(26,27)21-8-6-18(7-9-21)23-12-10-20(25)11-13-23/h3-9,14,16,20,25H,10-13,15H2,1-2H3. The molecule has 0 saturated carbocycles. The van der Waals surface area contributed by atoms with Gasteiger partial charge in [-0.05, 0) is 61.2 Å². The van der Waals surface area contributed by atoms with Crippen molar-refractivity contribution in [1.29, 1.82) is 0 Å². The van der Waals surface area contributed by atoms with Crippen molar-refractivity contribution in [2.75, 3.05) is 28.8 Å². The van der Waals surface area contributed by atoms with Gasteiger partial charge in [0.25, 0.3) is 10.0 Å². The van der Waals surface area contributed by atoms with E-state index in [0.717, 1.165) is 31.6 Å². The zero-order chi connectivity index (χ0) is 20.3. The SMILES string of the molecule is CC(C)CN(c1cccc(Cl)c1)S(=O)(=O)c1ccc(N2CCC(O)CC2)cc1. The molecule has 0 unspecified atom stereocenters. The molecule has 5 nitrogen and oxygen atoms in total. The molecule has 1 heterocycles. The summed E-state index contributed by atoms with van der Waals surface area (Å²) >= 11 is 6.09. The van der Waals surface area contributed by atoms with Crippen LogP contribution in [0.4, 0.5) is 11.4 Å². The first-order chi connectivity index (χ1) is 13.3. The van der Waals surface area contributed by atoms with Crippen LogP contribution >= 0.6 is 11.6 Å². The molecule has 2 aromatic carbocycles. The Morgan fingerprint density at radius 2 is 1.79 bits per heavy atom. The Morgan fingerprint density at radius 1 is 1.14 bits per heavy atom. The minimum Gasteiger partial charge on any atom is -0.393 e. The van der Waals surface area contributed by atoms with Crippen LogP contribution < -0.4 is 9.21 Å². The second-order valence-corrected chi connectivity index (χ2v) is 9.92. The molecule has 0 radical (unpaired) electrons. The van der Waals surface area contributed by atoms with Gasteiger partial charge in [0.1, 0.15) is 0 Å². The first-order valence-electron chi connectivity index (χ1n) is 9.59. The highest BCUT2D eigenvalue weighted by atomic mass is 35.5. The van der Waals surface area contributed by atoms with E-state index >= 15 is 0 Å². The molecule has 3 rings (SSSR count). The van der Waals surface area contributed by atoms with Crippen molar-refractivity contribution < 1.29 is 13.5 Å². The predicted octanol–water partition coefficient (Wildman–Crippen LogP) is 4.15. The number of aliphatic hydroxyl groups excluding tert-OH is 1. The topological polar surface area (TPSA) is 60.9 Å². The first-order valence-corrected chi connectivity index (χ1v) is 11.4. The Kier molecular flexibility index (Phi) is 6.53. The van der Waals surface area contributed by atoms with Gasteiger partial charge >= 0.3 is 0 Å². The maximum absolute atomic E-state index is 13.3. The molecule has 1 saturated heterocycles. The Hall–Kier alpha value is -1.76. The second-order valence-electron chi connectivity index (χ2n) is 7.62. The summed E-state index contributed by atoms with van der Waals surface area (Å²) in [6.45, 7) is 5.89. The number of nitrogens with zero attached hydrogens (tertiary/aromatic N) is 2. The predicted molar refractivity (Wildman–Crippen MR) is 115 cm³/mol. The maximum atomic E-state index is 13.3. The maximum Gasteiger partial charge on any atom is 0.264 e. The molecule has 7 heteroatoms. The van der Waals surface area contributed by atoms with Crippen molar-refractivity contribution in [3.63, 3.8) is 0 Å². The number of hydrogen-bond acceptors (Lipinski definition) is 4. The number of halogens is 1. The van der Waals surface area contributed by atoms with Crippen LogP contribution in [0.1, 0.15) is 26.7 Å². The monoisotopic (exact) mass is 422 g/mol. The lowest BCUT2D eigenvalue weighted by molar-refractivity contribution is 0.145. The molecule has 1 N–H and O–H groups in total. The number of aliphatic hydroxyl groups is 1. The van der Waals surface area contributed by atoms with Gasteiger partial charge in [0.15, 0.2) is 0 Å². The van der Waals surface area contributed by atoms with Gasteiger partial charge in [-0.15, -0.1) is 0 Å². The van der Waals surface area contributed by atoms with Crippen molar-refractivity contribution in [1.82, 2.24) is 0 Å². The number of rotatable bonds is 6. The fraction of sp³-hybridized carbons (Fsp3) is 0.429. The number of sulfonamides is 1. The van der Waals surface area contributed by atoms with Gasteiger partial charge in [-0.1, -0.05) is 31.5 Å². The summed E-state index contributed by atoms with van der Waals surface area (Å²) in [6, 6.07) is 13.9. The molecule has 0 bridgehead atoms. The lowest BCUT2D eigenvalue weighted by atomic mass is 10.1. The number of piperidine rings is 1. The number of anilines is 2. The van der Waals surface area contributed by atoms with E-state index < -0.39 is 10.0 Å². The van der Waals surface area contributed by atoms with Gasteiger partial charge in [-0.25, -0.2) is 8.42 Å². The zero-order valence-electron chi connectivity index (χ0n) is 16.3. The van der Waals surface area contributed by atoms with Crippen LogP contribution in [0.3, 0.4) is 0 Å². The van der Waals surface area contributed by atoms with Gasteiger partial charge in [0.2, 0.25) is 0 Å². The smallest absolute Gasteiger partial charge is 0.264 e. The molecule has 0 spiro atoms. The molecule has 1 aliphatic rings. The van der Waals surface area contributed by atoms with Crippen LogP contribution in [0.25, 0.3) is 0 Å². The van der Waals surface area contributed by atoms with E-state index in [4.69, 9.17) is 11.6 Å². The minimum absolute atomic E-state index is 0.160. The Balaban J connectivity index is 1.88. The van der Waals surface area contributed by atoms with Crippen LogP contribution in [0.2, 0.25) is 5.02 Å². The molecule has 1 fully saturated rings. The third-order valence-corrected chi connectivity index (χ3v) is 6.92. The molecular weight excluding hydrogens is 396 g/mol. The second kappa shape index (κ2) is 8.72. The van der Waals surface area contributed by atoms with Gasteiger partial charge in [0, 0.05) is 30.3 Å². The Morgan fingerprint density at radius 3 is 2.36 bits per heavy atom. The van der Waals surface area contributed by atoms with Gasteiger partial charge in [-0.3, -0.25) is 4.31 Å². The summed E-state index contributed by atoms with van der Waals surface area (Å²) in [4.78, 5) is 2.43.